The average Bonchev–Trinajstić information content (AvgIpc) is 2.64. The lowest BCUT2D eigenvalue weighted by Gasteiger charge is -2.25. The fourth-order valence-corrected chi connectivity index (χ4v) is 2.73. The third kappa shape index (κ3) is 5.37. The van der Waals surface area contributed by atoms with Crippen LogP contribution in [0.15, 0.2) is 42.5 Å². The standard InChI is InChI=1S/C20H24N4O4/c1-13-5-8-15(9-6-13)18(23(3)4)12-21-19(25)20(26)22-16-10-7-14(2)11-17(16)24(27)28/h5-11,18H,12H2,1-4H3,(H,21,25)(H,22,26). The van der Waals surface area contributed by atoms with Crippen molar-refractivity contribution in [2.45, 2.75) is 19.9 Å². The molecule has 148 valence electrons. The summed E-state index contributed by atoms with van der Waals surface area (Å²) in [4.78, 5) is 36.9. The third-order valence-electron chi connectivity index (χ3n) is 4.35. The Morgan fingerprint density at radius 1 is 1.04 bits per heavy atom. The number of nitrogens with one attached hydrogen (secondary N) is 2. The number of aryl methyl sites for hydroxylation is 2. The summed E-state index contributed by atoms with van der Waals surface area (Å²) >= 11 is 0. The summed E-state index contributed by atoms with van der Waals surface area (Å²) in [5, 5.41) is 16.1. The number of nitro groups is 1. The molecule has 2 rings (SSSR count). The van der Waals surface area contributed by atoms with E-state index in [0.717, 1.165) is 11.1 Å². The zero-order valence-corrected chi connectivity index (χ0v) is 16.4. The fraction of sp³-hybridized carbons (Fsp3) is 0.300. The molecule has 8 nitrogen and oxygen atoms in total. The molecular formula is C20H24N4O4. The minimum atomic E-state index is -0.951. The van der Waals surface area contributed by atoms with Gasteiger partial charge < -0.3 is 15.5 Å². The first kappa shape index (κ1) is 21.0. The molecule has 2 aromatic rings. The monoisotopic (exact) mass is 384 g/mol. The topological polar surface area (TPSA) is 105 Å². The molecule has 1 atom stereocenters. The molecule has 28 heavy (non-hydrogen) atoms. The van der Waals surface area contributed by atoms with Crippen molar-refractivity contribution in [3.63, 3.8) is 0 Å². The smallest absolute Gasteiger partial charge is 0.313 e. The highest BCUT2D eigenvalue weighted by molar-refractivity contribution is 6.39. The van der Waals surface area contributed by atoms with E-state index in [-0.39, 0.29) is 24.0 Å². The largest absolute Gasteiger partial charge is 0.346 e. The molecule has 0 saturated carbocycles. The Hall–Kier alpha value is -3.26. The van der Waals surface area contributed by atoms with Crippen LogP contribution >= 0.6 is 0 Å². The van der Waals surface area contributed by atoms with Crippen LogP contribution in [0.4, 0.5) is 11.4 Å². The van der Waals surface area contributed by atoms with Gasteiger partial charge in [-0.25, -0.2) is 0 Å². The molecular weight excluding hydrogens is 360 g/mol. The molecule has 2 aromatic carbocycles. The zero-order chi connectivity index (χ0) is 20.8. The molecule has 2 N–H and O–H groups in total. The first-order valence-electron chi connectivity index (χ1n) is 8.76. The molecule has 0 spiro atoms. The number of hydrogen-bond acceptors (Lipinski definition) is 5. The molecule has 0 bridgehead atoms. The van der Waals surface area contributed by atoms with Crippen molar-refractivity contribution in [3.8, 4) is 0 Å². The van der Waals surface area contributed by atoms with Gasteiger partial charge in [-0.15, -0.1) is 0 Å². The maximum absolute atomic E-state index is 12.2. The quantitative estimate of drug-likeness (QED) is 0.452. The highest BCUT2D eigenvalue weighted by Gasteiger charge is 2.22. The number of carbonyl (C=O) groups excluding carboxylic acids is 2. The molecule has 0 aromatic heterocycles. The summed E-state index contributed by atoms with van der Waals surface area (Å²) in [6, 6.07) is 12.2. The van der Waals surface area contributed by atoms with E-state index in [1.165, 1.54) is 12.1 Å². The molecule has 0 saturated heterocycles. The van der Waals surface area contributed by atoms with E-state index < -0.39 is 16.7 Å². The van der Waals surface area contributed by atoms with E-state index in [9.17, 15) is 19.7 Å². The Labute approximate surface area is 163 Å². The van der Waals surface area contributed by atoms with E-state index in [0.29, 0.717) is 5.56 Å². The number of benzene rings is 2. The van der Waals surface area contributed by atoms with Gasteiger partial charge in [0.15, 0.2) is 0 Å². The lowest BCUT2D eigenvalue weighted by molar-refractivity contribution is -0.384. The molecule has 1 unspecified atom stereocenters. The van der Waals surface area contributed by atoms with Gasteiger partial charge >= 0.3 is 11.8 Å². The first-order chi connectivity index (χ1) is 13.2. The van der Waals surface area contributed by atoms with E-state index in [4.69, 9.17) is 0 Å². The fourth-order valence-electron chi connectivity index (χ4n) is 2.73. The molecule has 0 aliphatic carbocycles. The van der Waals surface area contributed by atoms with Crippen molar-refractivity contribution in [1.29, 1.82) is 0 Å². The van der Waals surface area contributed by atoms with E-state index in [2.05, 4.69) is 10.6 Å². The average molecular weight is 384 g/mol. The van der Waals surface area contributed by atoms with Crippen LogP contribution in [0.5, 0.6) is 0 Å². The molecule has 0 fully saturated rings. The lowest BCUT2D eigenvalue weighted by Crippen LogP contribution is -2.40. The number of rotatable bonds is 6. The van der Waals surface area contributed by atoms with Gasteiger partial charge in [0.25, 0.3) is 5.69 Å². The van der Waals surface area contributed by atoms with Gasteiger partial charge in [-0.1, -0.05) is 35.9 Å². The lowest BCUT2D eigenvalue weighted by atomic mass is 10.0. The van der Waals surface area contributed by atoms with Crippen molar-refractivity contribution in [3.05, 3.63) is 69.3 Å². The number of likely N-dealkylation sites (N-methyl/N-ethyl adjacent to an activating group) is 1. The predicted octanol–water partition coefficient (Wildman–Crippen LogP) is 2.57. The minimum absolute atomic E-state index is 0.0153. The van der Waals surface area contributed by atoms with Gasteiger partial charge in [-0.3, -0.25) is 19.7 Å². The second-order valence-corrected chi connectivity index (χ2v) is 6.83. The Bertz CT molecular complexity index is 878. The van der Waals surface area contributed by atoms with Crippen LogP contribution in [-0.2, 0) is 9.59 Å². The number of amides is 2. The van der Waals surface area contributed by atoms with Crippen molar-refractivity contribution in [1.82, 2.24) is 10.2 Å². The molecule has 0 aliphatic heterocycles. The Balaban J connectivity index is 2.05. The van der Waals surface area contributed by atoms with Crippen LogP contribution < -0.4 is 10.6 Å². The second kappa shape index (κ2) is 9.09. The van der Waals surface area contributed by atoms with Gasteiger partial charge in [0, 0.05) is 12.6 Å². The van der Waals surface area contributed by atoms with Crippen LogP contribution in [0, 0.1) is 24.0 Å². The highest BCUT2D eigenvalue weighted by Crippen LogP contribution is 2.25. The van der Waals surface area contributed by atoms with Crippen LogP contribution in [-0.4, -0.2) is 42.3 Å². The van der Waals surface area contributed by atoms with Crippen LogP contribution in [0.3, 0.4) is 0 Å². The van der Waals surface area contributed by atoms with Gasteiger partial charge in [0.2, 0.25) is 0 Å². The second-order valence-electron chi connectivity index (χ2n) is 6.83. The molecule has 2 amide bonds. The normalized spacial score (nSPS) is 11.8. The zero-order valence-electron chi connectivity index (χ0n) is 16.4. The Morgan fingerprint density at radius 3 is 2.21 bits per heavy atom. The van der Waals surface area contributed by atoms with E-state index in [1.807, 2.05) is 50.2 Å². The Morgan fingerprint density at radius 2 is 1.64 bits per heavy atom. The van der Waals surface area contributed by atoms with Gasteiger partial charge in [-0.05, 0) is 45.1 Å². The summed E-state index contributed by atoms with van der Waals surface area (Å²) < 4.78 is 0. The third-order valence-corrected chi connectivity index (χ3v) is 4.35. The number of carbonyl (C=O) groups is 2. The summed E-state index contributed by atoms with van der Waals surface area (Å²) in [5.41, 5.74) is 2.54. The van der Waals surface area contributed by atoms with E-state index in [1.54, 1.807) is 13.0 Å². The number of anilines is 1. The minimum Gasteiger partial charge on any atom is -0.346 e. The van der Waals surface area contributed by atoms with Gasteiger partial charge in [0.1, 0.15) is 5.69 Å². The summed E-state index contributed by atoms with van der Waals surface area (Å²) in [6.45, 7) is 3.92. The van der Waals surface area contributed by atoms with Crippen molar-refractivity contribution in [2.75, 3.05) is 26.0 Å². The summed E-state index contributed by atoms with van der Waals surface area (Å²) in [6.07, 6.45) is 0. The van der Waals surface area contributed by atoms with E-state index >= 15 is 0 Å². The number of hydrogen-bond donors (Lipinski definition) is 2. The number of nitrogens with zero attached hydrogens (tertiary/aromatic N) is 2. The maximum Gasteiger partial charge on any atom is 0.313 e. The number of nitro benzene ring substituents is 1. The van der Waals surface area contributed by atoms with Crippen molar-refractivity contribution >= 4 is 23.2 Å². The van der Waals surface area contributed by atoms with Crippen LogP contribution in [0.25, 0.3) is 0 Å². The van der Waals surface area contributed by atoms with Crippen molar-refractivity contribution in [2.24, 2.45) is 0 Å². The molecule has 0 heterocycles. The molecule has 0 aliphatic rings. The van der Waals surface area contributed by atoms with Crippen LogP contribution in [0.2, 0.25) is 0 Å². The predicted molar refractivity (Wildman–Crippen MR) is 107 cm³/mol. The SMILES string of the molecule is Cc1ccc(C(CNC(=O)C(=O)Nc2ccc(C)cc2[N+](=O)[O-])N(C)C)cc1. The maximum atomic E-state index is 12.2. The van der Waals surface area contributed by atoms with Gasteiger partial charge in [-0.2, -0.15) is 0 Å². The van der Waals surface area contributed by atoms with Crippen LogP contribution in [0.1, 0.15) is 22.7 Å². The molecule has 0 radical (unpaired) electrons. The summed E-state index contributed by atoms with van der Waals surface area (Å²) in [5.74, 6) is -1.80. The highest BCUT2D eigenvalue weighted by atomic mass is 16.6. The molecule has 8 heteroatoms. The summed E-state index contributed by atoms with van der Waals surface area (Å²) in [7, 11) is 3.76. The first-order valence-corrected chi connectivity index (χ1v) is 8.76. The Kier molecular flexibility index (Phi) is 6.84. The van der Waals surface area contributed by atoms with Gasteiger partial charge in [0.05, 0.1) is 11.0 Å². The van der Waals surface area contributed by atoms with Crippen molar-refractivity contribution < 1.29 is 14.5 Å².